The summed E-state index contributed by atoms with van der Waals surface area (Å²) in [5.41, 5.74) is 0.272. The number of carbonyl (C=O) groups excluding carboxylic acids is 1. The van der Waals surface area contributed by atoms with Crippen LogP contribution in [0.2, 0.25) is 0 Å². The Morgan fingerprint density at radius 3 is 2.54 bits per heavy atom. The first kappa shape index (κ1) is 20.0. The van der Waals surface area contributed by atoms with Crippen LogP contribution in [-0.2, 0) is 14.8 Å². The van der Waals surface area contributed by atoms with Crippen molar-refractivity contribution in [1.82, 2.24) is 9.62 Å². The van der Waals surface area contributed by atoms with Gasteiger partial charge in [-0.15, -0.1) is 0 Å². The van der Waals surface area contributed by atoms with Gasteiger partial charge in [-0.1, -0.05) is 6.42 Å². The molecule has 0 atom stereocenters. The van der Waals surface area contributed by atoms with Crippen LogP contribution in [0.1, 0.15) is 25.7 Å². The molecule has 0 spiro atoms. The molecule has 0 saturated carbocycles. The number of carbonyl (C=O) groups is 2. The number of amides is 2. The van der Waals surface area contributed by atoms with E-state index in [-0.39, 0.29) is 29.3 Å². The minimum absolute atomic E-state index is 0.00904. The molecule has 0 unspecified atom stereocenters. The lowest BCUT2D eigenvalue weighted by molar-refractivity contribution is -0.136. The normalized spacial score (nSPS) is 15.3. The van der Waals surface area contributed by atoms with Crippen molar-refractivity contribution in [3.63, 3.8) is 0 Å². The fourth-order valence-corrected chi connectivity index (χ4v) is 4.36. The maximum atomic E-state index is 12.9. The summed E-state index contributed by atoms with van der Waals surface area (Å²) in [4.78, 5) is 22.3. The zero-order chi connectivity index (χ0) is 19.2. The fraction of sp³-hybridized carbons (Fsp3) is 0.500. The lowest BCUT2D eigenvalue weighted by atomic mass is 10.2. The molecular formula is C16H23N3O6S. The molecule has 144 valence electrons. The lowest BCUT2D eigenvalue weighted by Crippen LogP contribution is -2.36. The monoisotopic (exact) mass is 385 g/mol. The number of ether oxygens (including phenoxy) is 1. The van der Waals surface area contributed by atoms with E-state index in [0.29, 0.717) is 13.1 Å². The number of hydrogen-bond acceptors (Lipinski definition) is 5. The Balaban J connectivity index is 2.17. The van der Waals surface area contributed by atoms with Gasteiger partial charge in [0.25, 0.3) is 0 Å². The van der Waals surface area contributed by atoms with Crippen LogP contribution in [0.25, 0.3) is 0 Å². The van der Waals surface area contributed by atoms with E-state index in [1.54, 1.807) is 0 Å². The number of rotatable bonds is 7. The quantitative estimate of drug-likeness (QED) is 0.653. The van der Waals surface area contributed by atoms with E-state index in [0.717, 1.165) is 19.3 Å². The van der Waals surface area contributed by atoms with Crippen molar-refractivity contribution in [3.8, 4) is 5.75 Å². The van der Waals surface area contributed by atoms with Gasteiger partial charge < -0.3 is 20.5 Å². The molecule has 2 rings (SSSR count). The number of benzene rings is 1. The number of hydrogen-bond donors (Lipinski definition) is 3. The van der Waals surface area contributed by atoms with Crippen LogP contribution in [0, 0.1) is 0 Å². The van der Waals surface area contributed by atoms with Crippen molar-refractivity contribution >= 4 is 27.7 Å². The molecule has 1 aromatic rings. The smallest absolute Gasteiger partial charge is 0.319 e. The molecule has 1 saturated heterocycles. The summed E-state index contributed by atoms with van der Waals surface area (Å²) < 4.78 is 32.4. The van der Waals surface area contributed by atoms with Crippen LogP contribution in [0.15, 0.2) is 23.1 Å². The highest BCUT2D eigenvalue weighted by Gasteiger charge is 2.29. The van der Waals surface area contributed by atoms with Gasteiger partial charge in [-0.3, -0.25) is 4.79 Å². The van der Waals surface area contributed by atoms with Gasteiger partial charge in [0, 0.05) is 25.3 Å². The third kappa shape index (κ3) is 5.09. The lowest BCUT2D eigenvalue weighted by Gasteiger charge is -2.26. The topological polar surface area (TPSA) is 125 Å². The second-order valence-electron chi connectivity index (χ2n) is 5.86. The van der Waals surface area contributed by atoms with Gasteiger partial charge in [0.15, 0.2) is 0 Å². The SMILES string of the molecule is COc1ccc(NC(=O)NCCC(=O)O)cc1S(=O)(=O)N1CCCCC1. The molecular weight excluding hydrogens is 362 g/mol. The van der Waals surface area contributed by atoms with E-state index in [2.05, 4.69) is 10.6 Å². The molecule has 0 aromatic heterocycles. The molecule has 26 heavy (non-hydrogen) atoms. The van der Waals surface area contributed by atoms with Crippen molar-refractivity contribution in [3.05, 3.63) is 18.2 Å². The Morgan fingerprint density at radius 2 is 1.92 bits per heavy atom. The van der Waals surface area contributed by atoms with Crippen molar-refractivity contribution in [2.24, 2.45) is 0 Å². The first-order chi connectivity index (χ1) is 12.3. The number of anilines is 1. The summed E-state index contributed by atoms with van der Waals surface area (Å²) in [6.07, 6.45) is 2.42. The largest absolute Gasteiger partial charge is 0.495 e. The number of urea groups is 1. The van der Waals surface area contributed by atoms with Gasteiger partial charge in [-0.25, -0.2) is 13.2 Å². The van der Waals surface area contributed by atoms with Crippen molar-refractivity contribution in [2.45, 2.75) is 30.6 Å². The van der Waals surface area contributed by atoms with Crippen molar-refractivity contribution < 1.29 is 27.9 Å². The molecule has 3 N–H and O–H groups in total. The number of carboxylic acids is 1. The van der Waals surface area contributed by atoms with E-state index in [1.165, 1.54) is 29.6 Å². The van der Waals surface area contributed by atoms with Crippen molar-refractivity contribution in [2.75, 3.05) is 32.1 Å². The predicted molar refractivity (Wildman–Crippen MR) is 94.9 cm³/mol. The summed E-state index contributed by atoms with van der Waals surface area (Å²) in [6, 6.07) is 3.73. The predicted octanol–water partition coefficient (Wildman–Crippen LogP) is 1.47. The highest BCUT2D eigenvalue weighted by molar-refractivity contribution is 7.89. The highest BCUT2D eigenvalue weighted by Crippen LogP contribution is 2.31. The summed E-state index contributed by atoms with van der Waals surface area (Å²) in [5.74, 6) is -0.822. The Labute approximate surface area is 152 Å². The molecule has 0 bridgehead atoms. The summed E-state index contributed by atoms with van der Waals surface area (Å²) >= 11 is 0. The molecule has 1 fully saturated rings. The Kier molecular flexibility index (Phi) is 6.81. The van der Waals surface area contributed by atoms with Gasteiger partial charge in [-0.05, 0) is 31.0 Å². The number of nitrogens with zero attached hydrogens (tertiary/aromatic N) is 1. The van der Waals surface area contributed by atoms with E-state index in [1.807, 2.05) is 0 Å². The Bertz CT molecular complexity index is 759. The minimum atomic E-state index is -3.73. The van der Waals surface area contributed by atoms with Crippen LogP contribution in [0.4, 0.5) is 10.5 Å². The number of piperidine rings is 1. The first-order valence-corrected chi connectivity index (χ1v) is 9.73. The number of carboxylic acid groups (broad SMARTS) is 1. The van der Waals surface area contributed by atoms with Crippen molar-refractivity contribution in [1.29, 1.82) is 0 Å². The molecule has 2 amide bonds. The maximum absolute atomic E-state index is 12.9. The van der Waals surface area contributed by atoms with Crippen LogP contribution < -0.4 is 15.4 Å². The van der Waals surface area contributed by atoms with Crippen LogP contribution in [-0.4, -0.2) is 56.6 Å². The molecule has 1 aliphatic rings. The highest BCUT2D eigenvalue weighted by atomic mass is 32.2. The van der Waals surface area contributed by atoms with Crippen LogP contribution in [0.5, 0.6) is 5.75 Å². The average Bonchev–Trinajstić information content (AvgIpc) is 2.62. The Morgan fingerprint density at radius 1 is 1.23 bits per heavy atom. The van der Waals surface area contributed by atoms with Crippen LogP contribution in [0.3, 0.4) is 0 Å². The zero-order valence-corrected chi connectivity index (χ0v) is 15.3. The molecule has 9 nitrogen and oxygen atoms in total. The molecule has 1 aromatic carbocycles. The standard InChI is InChI=1S/C16H23N3O6S/c1-25-13-6-5-12(18-16(22)17-8-7-15(20)21)11-14(13)26(23,24)19-9-3-2-4-10-19/h5-6,11H,2-4,7-10H2,1H3,(H,20,21)(H2,17,18,22). The fourth-order valence-electron chi connectivity index (χ4n) is 2.66. The van der Waals surface area contributed by atoms with Crippen LogP contribution >= 0.6 is 0 Å². The summed E-state index contributed by atoms with van der Waals surface area (Å²) in [5, 5.41) is 13.5. The summed E-state index contributed by atoms with van der Waals surface area (Å²) in [6.45, 7) is 0.883. The third-order valence-electron chi connectivity index (χ3n) is 3.98. The van der Waals surface area contributed by atoms with E-state index >= 15 is 0 Å². The van der Waals surface area contributed by atoms with Gasteiger partial charge in [0.05, 0.1) is 13.5 Å². The molecule has 0 aliphatic carbocycles. The van der Waals surface area contributed by atoms with Gasteiger partial charge in [0.2, 0.25) is 10.0 Å². The third-order valence-corrected chi connectivity index (χ3v) is 5.90. The first-order valence-electron chi connectivity index (χ1n) is 8.29. The second kappa shape index (κ2) is 8.86. The molecule has 0 radical (unpaired) electrons. The average molecular weight is 385 g/mol. The number of sulfonamides is 1. The zero-order valence-electron chi connectivity index (χ0n) is 14.5. The molecule has 1 aliphatic heterocycles. The van der Waals surface area contributed by atoms with E-state index in [9.17, 15) is 18.0 Å². The maximum Gasteiger partial charge on any atom is 0.319 e. The Hall–Kier alpha value is -2.33. The number of methoxy groups -OCH3 is 1. The molecule has 10 heteroatoms. The van der Waals surface area contributed by atoms with Gasteiger partial charge >= 0.3 is 12.0 Å². The van der Waals surface area contributed by atoms with E-state index < -0.39 is 22.0 Å². The van der Waals surface area contributed by atoms with E-state index in [4.69, 9.17) is 9.84 Å². The number of aliphatic carboxylic acids is 1. The van der Waals surface area contributed by atoms with Gasteiger partial charge in [0.1, 0.15) is 10.6 Å². The minimum Gasteiger partial charge on any atom is -0.495 e. The summed E-state index contributed by atoms with van der Waals surface area (Å²) in [7, 11) is -2.35. The van der Waals surface area contributed by atoms with Gasteiger partial charge in [-0.2, -0.15) is 4.31 Å². The second-order valence-corrected chi connectivity index (χ2v) is 7.76. The number of nitrogens with one attached hydrogen (secondary N) is 2. The molecule has 1 heterocycles.